The Morgan fingerprint density at radius 2 is 1.85 bits per heavy atom. The Kier molecular flexibility index (Phi) is 4.21. The molecule has 4 rings (SSSR count). The first-order valence-electron chi connectivity index (χ1n) is 8.78. The van der Waals surface area contributed by atoms with Gasteiger partial charge in [0.15, 0.2) is 5.76 Å². The molecule has 1 atom stereocenters. The Bertz CT molecular complexity index is 1100. The van der Waals surface area contributed by atoms with E-state index < -0.39 is 6.04 Å². The summed E-state index contributed by atoms with van der Waals surface area (Å²) in [5, 5.41) is 4.14. The molecule has 0 saturated carbocycles. The minimum Gasteiger partial charge on any atom is -0.358 e. The summed E-state index contributed by atoms with van der Waals surface area (Å²) < 4.78 is 5.62. The lowest BCUT2D eigenvalue weighted by atomic mass is 9.92. The second kappa shape index (κ2) is 6.69. The quantitative estimate of drug-likeness (QED) is 0.651. The fourth-order valence-corrected chi connectivity index (χ4v) is 3.50. The lowest BCUT2D eigenvalue weighted by Crippen LogP contribution is -2.07. The Morgan fingerprint density at radius 1 is 1.15 bits per heavy atom. The van der Waals surface area contributed by atoms with Crippen LogP contribution in [-0.2, 0) is 4.79 Å². The number of terminal acetylenes is 1. The molecule has 2 aromatic carbocycles. The molecule has 2 heterocycles. The van der Waals surface area contributed by atoms with Gasteiger partial charge >= 0.3 is 0 Å². The summed E-state index contributed by atoms with van der Waals surface area (Å²) in [7, 11) is 0. The molecule has 1 aliphatic rings. The fraction of sp³-hybridized carbons (Fsp3) is 0.174. The van der Waals surface area contributed by atoms with E-state index in [9.17, 15) is 4.79 Å². The minimum absolute atomic E-state index is 0.0525. The van der Waals surface area contributed by atoms with E-state index in [0.29, 0.717) is 5.76 Å². The Morgan fingerprint density at radius 3 is 2.52 bits per heavy atom. The van der Waals surface area contributed by atoms with Gasteiger partial charge in [-0.1, -0.05) is 47.5 Å². The Hall–Kier alpha value is -3.45. The van der Waals surface area contributed by atoms with Gasteiger partial charge in [-0.15, -0.1) is 6.42 Å². The number of ketones is 1. The molecule has 0 fully saturated rings. The molecule has 0 N–H and O–H groups in total. The smallest absolute Gasteiger partial charge is 0.169 e. The molecule has 0 spiro atoms. The average Bonchev–Trinajstić information content (AvgIpc) is 3.00. The molecule has 0 unspecified atom stereocenters. The summed E-state index contributed by atoms with van der Waals surface area (Å²) in [5.41, 5.74) is 6.31. The highest BCUT2D eigenvalue weighted by Gasteiger charge is 2.30. The van der Waals surface area contributed by atoms with Crippen LogP contribution in [0.4, 0.5) is 0 Å². The van der Waals surface area contributed by atoms with E-state index in [2.05, 4.69) is 11.1 Å². The minimum atomic E-state index is -0.409. The van der Waals surface area contributed by atoms with Crippen LogP contribution in [0.1, 0.15) is 47.5 Å². The summed E-state index contributed by atoms with van der Waals surface area (Å²) in [6.45, 7) is 3.48. The zero-order valence-electron chi connectivity index (χ0n) is 15.2. The lowest BCUT2D eigenvalue weighted by Gasteiger charge is -2.11. The van der Waals surface area contributed by atoms with Gasteiger partial charge in [0.2, 0.25) is 0 Å². The normalized spacial score (nSPS) is 15.1. The first-order valence-corrected chi connectivity index (χ1v) is 8.78. The molecule has 4 heteroatoms. The van der Waals surface area contributed by atoms with Crippen LogP contribution in [0.5, 0.6) is 0 Å². The highest BCUT2D eigenvalue weighted by molar-refractivity contribution is 6.17. The number of aryl methyl sites for hydroxylation is 1. The fourth-order valence-electron chi connectivity index (χ4n) is 3.50. The second-order valence-electron chi connectivity index (χ2n) is 6.67. The number of nitrogens with zero attached hydrogens (tertiary/aromatic N) is 2. The molecule has 3 aromatic rings. The molecule has 0 saturated heterocycles. The van der Waals surface area contributed by atoms with Crippen molar-refractivity contribution < 1.29 is 9.32 Å². The molecule has 0 radical (unpaired) electrons. The molecule has 0 amide bonds. The van der Waals surface area contributed by atoms with Crippen molar-refractivity contribution in [1.82, 2.24) is 5.16 Å². The number of hydrogen-bond donors (Lipinski definition) is 0. The van der Waals surface area contributed by atoms with Crippen LogP contribution in [0.3, 0.4) is 0 Å². The summed E-state index contributed by atoms with van der Waals surface area (Å²) in [6.07, 6.45) is 5.75. The van der Waals surface area contributed by atoms with Crippen molar-refractivity contribution in [2.75, 3.05) is 0 Å². The Labute approximate surface area is 157 Å². The molecule has 132 valence electrons. The van der Waals surface area contributed by atoms with E-state index in [1.807, 2.05) is 55.5 Å². The molecule has 1 aromatic heterocycles. The molecular weight excluding hydrogens is 336 g/mol. The third-order valence-corrected chi connectivity index (χ3v) is 4.73. The SMILES string of the molecule is C#Cc1ccc(C2=N[C@@H](CC(C)=O)c3onc(C)c3-c3ccccc32)cc1. The zero-order valence-corrected chi connectivity index (χ0v) is 15.2. The van der Waals surface area contributed by atoms with Gasteiger partial charge in [-0.3, -0.25) is 9.79 Å². The number of benzene rings is 2. The number of fused-ring (bicyclic) bond motifs is 3. The van der Waals surface area contributed by atoms with Crippen LogP contribution in [0, 0.1) is 19.3 Å². The summed E-state index contributed by atoms with van der Waals surface area (Å²) in [5.74, 6) is 3.33. The first kappa shape index (κ1) is 17.0. The number of Topliss-reactive ketones (excluding diaryl/α,β-unsaturated/α-hetero) is 1. The van der Waals surface area contributed by atoms with Gasteiger partial charge < -0.3 is 4.52 Å². The molecular formula is C23H18N2O2. The zero-order chi connectivity index (χ0) is 19.0. The molecule has 27 heavy (non-hydrogen) atoms. The number of hydrogen-bond acceptors (Lipinski definition) is 4. The summed E-state index contributed by atoms with van der Waals surface area (Å²) in [4.78, 5) is 16.8. The van der Waals surface area contributed by atoms with E-state index in [4.69, 9.17) is 15.9 Å². The average molecular weight is 354 g/mol. The maximum Gasteiger partial charge on any atom is 0.169 e. The Balaban J connectivity index is 1.98. The number of carbonyl (C=O) groups is 1. The highest BCUT2D eigenvalue weighted by Crippen LogP contribution is 2.40. The predicted octanol–water partition coefficient (Wildman–Crippen LogP) is 4.50. The van der Waals surface area contributed by atoms with Gasteiger partial charge in [-0.05, 0) is 31.5 Å². The van der Waals surface area contributed by atoms with Crippen LogP contribution in [0.15, 0.2) is 58.0 Å². The van der Waals surface area contributed by atoms with Crippen LogP contribution in [0.2, 0.25) is 0 Å². The highest BCUT2D eigenvalue weighted by atomic mass is 16.5. The topological polar surface area (TPSA) is 55.5 Å². The van der Waals surface area contributed by atoms with Gasteiger partial charge in [-0.2, -0.15) is 0 Å². The number of aliphatic imine (C=N–C) groups is 1. The molecule has 0 aliphatic carbocycles. The van der Waals surface area contributed by atoms with Crippen molar-refractivity contribution in [3.05, 3.63) is 76.7 Å². The van der Waals surface area contributed by atoms with Crippen molar-refractivity contribution in [2.45, 2.75) is 26.3 Å². The third-order valence-electron chi connectivity index (χ3n) is 4.73. The third kappa shape index (κ3) is 2.98. The van der Waals surface area contributed by atoms with Crippen molar-refractivity contribution in [1.29, 1.82) is 0 Å². The maximum atomic E-state index is 11.9. The number of carbonyl (C=O) groups excluding carboxylic acids is 1. The van der Waals surface area contributed by atoms with Crippen molar-refractivity contribution in [3.8, 4) is 23.5 Å². The predicted molar refractivity (Wildman–Crippen MR) is 105 cm³/mol. The first-order chi connectivity index (χ1) is 13.1. The number of aromatic nitrogens is 1. The van der Waals surface area contributed by atoms with Crippen LogP contribution in [-0.4, -0.2) is 16.7 Å². The molecule has 4 nitrogen and oxygen atoms in total. The van der Waals surface area contributed by atoms with E-state index in [1.54, 1.807) is 6.92 Å². The van der Waals surface area contributed by atoms with Crippen molar-refractivity contribution in [3.63, 3.8) is 0 Å². The van der Waals surface area contributed by atoms with Crippen molar-refractivity contribution in [2.24, 2.45) is 4.99 Å². The second-order valence-corrected chi connectivity index (χ2v) is 6.67. The van der Waals surface area contributed by atoms with Gasteiger partial charge in [0.1, 0.15) is 11.8 Å². The van der Waals surface area contributed by atoms with Gasteiger partial charge in [0.25, 0.3) is 0 Å². The van der Waals surface area contributed by atoms with Crippen molar-refractivity contribution >= 4 is 11.5 Å². The van der Waals surface area contributed by atoms with E-state index in [1.165, 1.54) is 0 Å². The largest absolute Gasteiger partial charge is 0.358 e. The standard InChI is InChI=1S/C23H18N2O2/c1-4-16-9-11-17(12-10-16)22-19-8-6-5-7-18(19)21-15(3)25-27-23(21)20(24-22)13-14(2)26/h1,5-12,20H,13H2,2-3H3/t20-/m0/s1. The van der Waals surface area contributed by atoms with E-state index in [-0.39, 0.29) is 12.2 Å². The summed E-state index contributed by atoms with van der Waals surface area (Å²) >= 11 is 0. The van der Waals surface area contributed by atoms with Crippen LogP contribution < -0.4 is 0 Å². The summed E-state index contributed by atoms with van der Waals surface area (Å²) in [6, 6.07) is 15.4. The maximum absolute atomic E-state index is 11.9. The van der Waals surface area contributed by atoms with E-state index in [0.717, 1.165) is 39.2 Å². The monoisotopic (exact) mass is 354 g/mol. The lowest BCUT2D eigenvalue weighted by molar-refractivity contribution is -0.117. The van der Waals surface area contributed by atoms with E-state index >= 15 is 0 Å². The molecule has 0 bridgehead atoms. The van der Waals surface area contributed by atoms with Gasteiger partial charge in [0, 0.05) is 23.1 Å². The number of rotatable bonds is 3. The molecule has 1 aliphatic heterocycles. The van der Waals surface area contributed by atoms with Gasteiger partial charge in [0.05, 0.1) is 17.0 Å². The van der Waals surface area contributed by atoms with Crippen LogP contribution in [0.25, 0.3) is 11.1 Å². The van der Waals surface area contributed by atoms with Crippen LogP contribution >= 0.6 is 0 Å². The van der Waals surface area contributed by atoms with Gasteiger partial charge in [-0.25, -0.2) is 0 Å².